The van der Waals surface area contributed by atoms with E-state index in [2.05, 4.69) is 17.1 Å². The number of nitrogens with zero attached hydrogens (tertiary/aromatic N) is 1. The van der Waals surface area contributed by atoms with Gasteiger partial charge in [-0.1, -0.05) is 42.3 Å². The van der Waals surface area contributed by atoms with E-state index in [9.17, 15) is 4.79 Å². The third-order valence-corrected chi connectivity index (χ3v) is 4.43. The smallest absolute Gasteiger partial charge is 0.225 e. The molecule has 2 rings (SSSR count). The molecular weight excluding hydrogens is 359 g/mol. The Kier molecular flexibility index (Phi) is 7.56. The van der Waals surface area contributed by atoms with Gasteiger partial charge in [-0.3, -0.25) is 9.69 Å². The Labute approximate surface area is 158 Å². The highest BCUT2D eigenvalue weighted by molar-refractivity contribution is 6.35. The number of hydrogen-bond donors (Lipinski definition) is 1. The zero-order valence-electron chi connectivity index (χ0n) is 14.4. The summed E-state index contributed by atoms with van der Waals surface area (Å²) in [6, 6.07) is 13.0. The zero-order chi connectivity index (χ0) is 18.2. The molecule has 0 radical (unpaired) electrons. The van der Waals surface area contributed by atoms with Gasteiger partial charge in [0.2, 0.25) is 5.91 Å². The molecule has 0 saturated heterocycles. The molecule has 0 aliphatic rings. The molecule has 4 nitrogen and oxygen atoms in total. The highest BCUT2D eigenvalue weighted by Gasteiger charge is 2.10. The minimum Gasteiger partial charge on any atom is -0.497 e. The van der Waals surface area contributed by atoms with E-state index in [1.54, 1.807) is 25.3 Å². The topological polar surface area (TPSA) is 41.6 Å². The van der Waals surface area contributed by atoms with Crippen molar-refractivity contribution in [3.63, 3.8) is 0 Å². The lowest BCUT2D eigenvalue weighted by molar-refractivity contribution is -0.116. The normalized spacial score (nSPS) is 10.8. The van der Waals surface area contributed by atoms with Gasteiger partial charge >= 0.3 is 0 Å². The van der Waals surface area contributed by atoms with Crippen molar-refractivity contribution in [2.45, 2.75) is 19.9 Å². The summed E-state index contributed by atoms with van der Waals surface area (Å²) < 4.78 is 5.17. The van der Waals surface area contributed by atoms with E-state index in [0.717, 1.165) is 18.8 Å². The van der Waals surface area contributed by atoms with Gasteiger partial charge in [0.1, 0.15) is 5.75 Å². The van der Waals surface area contributed by atoms with E-state index in [0.29, 0.717) is 28.7 Å². The lowest BCUT2D eigenvalue weighted by Gasteiger charge is -2.20. The summed E-state index contributed by atoms with van der Waals surface area (Å²) >= 11 is 12.0. The molecule has 1 amide bonds. The quantitative estimate of drug-likeness (QED) is 0.711. The molecule has 1 N–H and O–H groups in total. The standard InChI is InChI=1S/C19H22Cl2N2O2/c1-3-23(13-14-4-7-16(25-2)8-5-14)11-10-19(24)22-18-12-15(20)6-9-17(18)21/h4-9,12H,3,10-11,13H2,1-2H3,(H,22,24). The SMILES string of the molecule is CCN(CCC(=O)Nc1cc(Cl)ccc1Cl)Cc1ccc(OC)cc1. The number of carbonyl (C=O) groups is 1. The van der Waals surface area contributed by atoms with Crippen molar-refractivity contribution in [2.24, 2.45) is 0 Å². The van der Waals surface area contributed by atoms with Crippen LogP contribution in [0.25, 0.3) is 0 Å². The average molecular weight is 381 g/mol. The molecule has 2 aromatic rings. The molecule has 134 valence electrons. The third kappa shape index (κ3) is 6.24. The molecule has 0 unspecified atom stereocenters. The van der Waals surface area contributed by atoms with Crippen molar-refractivity contribution >= 4 is 34.8 Å². The molecular formula is C19H22Cl2N2O2. The number of halogens is 2. The Morgan fingerprint density at radius 1 is 1.16 bits per heavy atom. The molecule has 0 aliphatic carbocycles. The molecule has 6 heteroatoms. The fraction of sp³-hybridized carbons (Fsp3) is 0.316. The number of carbonyl (C=O) groups excluding carboxylic acids is 1. The van der Waals surface area contributed by atoms with Crippen LogP contribution in [0.4, 0.5) is 5.69 Å². The lowest BCUT2D eigenvalue weighted by atomic mass is 10.2. The minimum atomic E-state index is -0.0858. The molecule has 0 atom stereocenters. The average Bonchev–Trinajstić information content (AvgIpc) is 2.62. The van der Waals surface area contributed by atoms with Crippen LogP contribution in [0, 0.1) is 0 Å². The molecule has 2 aromatic carbocycles. The van der Waals surface area contributed by atoms with Gasteiger partial charge in [0.25, 0.3) is 0 Å². The first-order valence-electron chi connectivity index (χ1n) is 8.12. The molecule has 0 heterocycles. The van der Waals surface area contributed by atoms with Crippen molar-refractivity contribution in [1.82, 2.24) is 4.90 Å². The van der Waals surface area contributed by atoms with E-state index in [1.165, 1.54) is 5.56 Å². The second kappa shape index (κ2) is 9.66. The maximum Gasteiger partial charge on any atom is 0.225 e. The van der Waals surface area contributed by atoms with Crippen LogP contribution in [-0.4, -0.2) is 31.0 Å². The van der Waals surface area contributed by atoms with Crippen LogP contribution in [-0.2, 0) is 11.3 Å². The van der Waals surface area contributed by atoms with Crippen LogP contribution in [0.5, 0.6) is 5.75 Å². The monoisotopic (exact) mass is 380 g/mol. The van der Waals surface area contributed by atoms with Crippen molar-refractivity contribution in [3.05, 3.63) is 58.1 Å². The summed E-state index contributed by atoms with van der Waals surface area (Å²) in [4.78, 5) is 14.4. The van der Waals surface area contributed by atoms with Crippen molar-refractivity contribution in [2.75, 3.05) is 25.5 Å². The summed E-state index contributed by atoms with van der Waals surface area (Å²) in [5, 5.41) is 3.82. The Hall–Kier alpha value is -1.75. The van der Waals surface area contributed by atoms with Crippen LogP contribution in [0.1, 0.15) is 18.9 Å². The summed E-state index contributed by atoms with van der Waals surface area (Å²) in [5.41, 5.74) is 1.72. The number of methoxy groups -OCH3 is 1. The van der Waals surface area contributed by atoms with E-state index in [1.807, 2.05) is 24.3 Å². The maximum atomic E-state index is 12.2. The molecule has 0 saturated carbocycles. The number of benzene rings is 2. The molecule has 0 fully saturated rings. The van der Waals surface area contributed by atoms with Crippen LogP contribution < -0.4 is 10.1 Å². The Morgan fingerprint density at radius 2 is 1.88 bits per heavy atom. The van der Waals surface area contributed by atoms with Gasteiger partial charge in [0, 0.05) is 24.5 Å². The molecule has 0 bridgehead atoms. The summed E-state index contributed by atoms with van der Waals surface area (Å²) in [6.07, 6.45) is 0.382. The second-order valence-electron chi connectivity index (χ2n) is 5.64. The Balaban J connectivity index is 1.86. The van der Waals surface area contributed by atoms with Crippen LogP contribution >= 0.6 is 23.2 Å². The second-order valence-corrected chi connectivity index (χ2v) is 6.48. The van der Waals surface area contributed by atoms with E-state index in [-0.39, 0.29) is 5.91 Å². The van der Waals surface area contributed by atoms with Crippen LogP contribution in [0.2, 0.25) is 10.0 Å². The molecule has 0 aromatic heterocycles. The highest BCUT2D eigenvalue weighted by atomic mass is 35.5. The first kappa shape index (κ1) is 19.6. The summed E-state index contributed by atoms with van der Waals surface area (Å²) in [7, 11) is 1.65. The van der Waals surface area contributed by atoms with Crippen molar-refractivity contribution < 1.29 is 9.53 Å². The van der Waals surface area contributed by atoms with Gasteiger partial charge < -0.3 is 10.1 Å². The summed E-state index contributed by atoms with van der Waals surface area (Å²) in [5.74, 6) is 0.752. The van der Waals surface area contributed by atoms with E-state index < -0.39 is 0 Å². The van der Waals surface area contributed by atoms with Crippen molar-refractivity contribution in [3.8, 4) is 5.75 Å². The number of ether oxygens (including phenoxy) is 1. The first-order chi connectivity index (χ1) is 12.0. The molecule has 0 aliphatic heterocycles. The van der Waals surface area contributed by atoms with E-state index >= 15 is 0 Å². The fourth-order valence-corrected chi connectivity index (χ4v) is 2.74. The number of rotatable bonds is 8. The van der Waals surface area contributed by atoms with Gasteiger partial charge in [0.05, 0.1) is 17.8 Å². The van der Waals surface area contributed by atoms with Gasteiger partial charge in [0.15, 0.2) is 0 Å². The van der Waals surface area contributed by atoms with Gasteiger partial charge in [-0.05, 0) is 42.4 Å². The summed E-state index contributed by atoms with van der Waals surface area (Å²) in [6.45, 7) is 4.38. The van der Waals surface area contributed by atoms with Gasteiger partial charge in [-0.25, -0.2) is 0 Å². The van der Waals surface area contributed by atoms with E-state index in [4.69, 9.17) is 27.9 Å². The molecule has 0 spiro atoms. The van der Waals surface area contributed by atoms with Crippen LogP contribution in [0.15, 0.2) is 42.5 Å². The van der Waals surface area contributed by atoms with Crippen LogP contribution in [0.3, 0.4) is 0 Å². The minimum absolute atomic E-state index is 0.0858. The Bertz CT molecular complexity index is 705. The number of amides is 1. The van der Waals surface area contributed by atoms with Gasteiger partial charge in [-0.2, -0.15) is 0 Å². The number of nitrogens with one attached hydrogen (secondary N) is 1. The predicted molar refractivity (Wildman–Crippen MR) is 104 cm³/mol. The lowest BCUT2D eigenvalue weighted by Crippen LogP contribution is -2.27. The fourth-order valence-electron chi connectivity index (χ4n) is 2.40. The van der Waals surface area contributed by atoms with Crippen molar-refractivity contribution in [1.29, 1.82) is 0 Å². The number of hydrogen-bond acceptors (Lipinski definition) is 3. The molecule has 25 heavy (non-hydrogen) atoms. The van der Waals surface area contributed by atoms with Gasteiger partial charge in [-0.15, -0.1) is 0 Å². The largest absolute Gasteiger partial charge is 0.497 e. The Morgan fingerprint density at radius 3 is 2.52 bits per heavy atom. The zero-order valence-corrected chi connectivity index (χ0v) is 15.9. The number of anilines is 1. The third-order valence-electron chi connectivity index (χ3n) is 3.87. The highest BCUT2D eigenvalue weighted by Crippen LogP contribution is 2.25. The predicted octanol–water partition coefficient (Wildman–Crippen LogP) is 4.85. The first-order valence-corrected chi connectivity index (χ1v) is 8.87. The maximum absolute atomic E-state index is 12.2.